The van der Waals surface area contributed by atoms with Crippen molar-refractivity contribution in [1.82, 2.24) is 5.32 Å². The lowest BCUT2D eigenvalue weighted by Crippen LogP contribution is -2.44. The van der Waals surface area contributed by atoms with E-state index in [9.17, 15) is 4.79 Å². The van der Waals surface area contributed by atoms with Crippen molar-refractivity contribution < 1.29 is 4.79 Å². The maximum absolute atomic E-state index is 12.7. The molecular weight excluding hydrogens is 256 g/mol. The number of benzene rings is 1. The maximum atomic E-state index is 12.7. The molecule has 3 rings (SSSR count). The van der Waals surface area contributed by atoms with Crippen molar-refractivity contribution in [2.75, 3.05) is 12.3 Å². The smallest absolute Gasteiger partial charge is 0.236 e. The number of aliphatic imine (C=N–C) groups is 1. The minimum Gasteiger partial charge on any atom is -0.305 e. The fourth-order valence-corrected chi connectivity index (χ4v) is 3.73. The topological polar surface area (TPSA) is 41.5 Å². The number of nitrogens with zero attached hydrogens (tertiary/aromatic N) is 1. The SMILES string of the molecule is O=C(NC1=NCCS1)C1(c2ccccc2)CCCC1. The highest BCUT2D eigenvalue weighted by molar-refractivity contribution is 8.14. The molecule has 4 heteroatoms. The number of carbonyl (C=O) groups excluding carboxylic acids is 1. The number of hydrogen-bond donors (Lipinski definition) is 1. The average molecular weight is 274 g/mol. The first-order chi connectivity index (χ1) is 9.31. The summed E-state index contributed by atoms with van der Waals surface area (Å²) in [6.45, 7) is 0.818. The van der Waals surface area contributed by atoms with Gasteiger partial charge in [0.15, 0.2) is 5.17 Å². The second kappa shape index (κ2) is 5.37. The van der Waals surface area contributed by atoms with Gasteiger partial charge in [0.05, 0.1) is 12.0 Å². The monoisotopic (exact) mass is 274 g/mol. The van der Waals surface area contributed by atoms with Crippen molar-refractivity contribution in [1.29, 1.82) is 0 Å². The molecule has 100 valence electrons. The van der Waals surface area contributed by atoms with E-state index in [1.807, 2.05) is 18.2 Å². The first kappa shape index (κ1) is 12.7. The zero-order valence-electron chi connectivity index (χ0n) is 10.9. The minimum absolute atomic E-state index is 0.129. The Kier molecular flexibility index (Phi) is 3.60. The highest BCUT2D eigenvalue weighted by Crippen LogP contribution is 2.41. The maximum Gasteiger partial charge on any atom is 0.236 e. The van der Waals surface area contributed by atoms with Gasteiger partial charge >= 0.3 is 0 Å². The van der Waals surface area contributed by atoms with E-state index in [2.05, 4.69) is 22.4 Å². The Morgan fingerprint density at radius 2 is 1.95 bits per heavy atom. The van der Waals surface area contributed by atoms with Crippen molar-refractivity contribution in [2.24, 2.45) is 4.99 Å². The first-order valence-corrected chi connectivity index (χ1v) is 7.84. The lowest BCUT2D eigenvalue weighted by Gasteiger charge is -2.28. The highest BCUT2D eigenvalue weighted by Gasteiger charge is 2.43. The molecule has 3 nitrogen and oxygen atoms in total. The number of amidine groups is 1. The third-order valence-electron chi connectivity index (χ3n) is 4.02. The molecule has 1 aliphatic carbocycles. The summed E-state index contributed by atoms with van der Waals surface area (Å²) in [6.07, 6.45) is 4.14. The third kappa shape index (κ3) is 2.41. The van der Waals surface area contributed by atoms with E-state index in [0.29, 0.717) is 0 Å². The predicted octanol–water partition coefficient (Wildman–Crippen LogP) is 2.72. The summed E-state index contributed by atoms with van der Waals surface area (Å²) in [5.74, 6) is 1.11. The fourth-order valence-electron chi connectivity index (χ4n) is 3.01. The zero-order chi connectivity index (χ0) is 13.1. The lowest BCUT2D eigenvalue weighted by molar-refractivity contribution is -0.125. The number of nitrogens with one attached hydrogen (secondary N) is 1. The summed E-state index contributed by atoms with van der Waals surface area (Å²) in [4.78, 5) is 17.0. The minimum atomic E-state index is -0.340. The van der Waals surface area contributed by atoms with Gasteiger partial charge < -0.3 is 5.32 Å². The van der Waals surface area contributed by atoms with Crippen LogP contribution in [0.2, 0.25) is 0 Å². The number of amides is 1. The van der Waals surface area contributed by atoms with Crippen LogP contribution in [0.25, 0.3) is 0 Å². The molecule has 1 amide bonds. The van der Waals surface area contributed by atoms with E-state index in [0.717, 1.165) is 48.7 Å². The molecule has 0 radical (unpaired) electrons. The molecule has 1 saturated carbocycles. The number of hydrogen-bond acceptors (Lipinski definition) is 3. The van der Waals surface area contributed by atoms with Crippen LogP contribution in [-0.4, -0.2) is 23.4 Å². The molecule has 1 aromatic carbocycles. The molecule has 1 aromatic rings. The highest BCUT2D eigenvalue weighted by atomic mass is 32.2. The molecule has 1 aliphatic heterocycles. The Morgan fingerprint density at radius 3 is 2.58 bits per heavy atom. The first-order valence-electron chi connectivity index (χ1n) is 6.85. The van der Waals surface area contributed by atoms with Crippen molar-refractivity contribution in [3.05, 3.63) is 35.9 Å². The van der Waals surface area contributed by atoms with Gasteiger partial charge in [-0.3, -0.25) is 9.79 Å². The zero-order valence-corrected chi connectivity index (χ0v) is 11.7. The van der Waals surface area contributed by atoms with Crippen LogP contribution < -0.4 is 5.32 Å². The van der Waals surface area contributed by atoms with E-state index in [4.69, 9.17) is 0 Å². The normalized spacial score (nSPS) is 21.2. The number of rotatable bonds is 2. The van der Waals surface area contributed by atoms with Crippen LogP contribution in [0.3, 0.4) is 0 Å². The van der Waals surface area contributed by atoms with Crippen molar-refractivity contribution in [2.45, 2.75) is 31.1 Å². The van der Waals surface area contributed by atoms with Gasteiger partial charge in [-0.15, -0.1) is 0 Å². The van der Waals surface area contributed by atoms with E-state index in [1.165, 1.54) is 0 Å². The summed E-state index contributed by atoms with van der Waals surface area (Å²) in [7, 11) is 0. The van der Waals surface area contributed by atoms with Gasteiger partial charge in [-0.2, -0.15) is 0 Å². The van der Waals surface area contributed by atoms with Crippen LogP contribution in [0.5, 0.6) is 0 Å². The summed E-state index contributed by atoms with van der Waals surface area (Å²) < 4.78 is 0. The van der Waals surface area contributed by atoms with Crippen LogP contribution in [0.15, 0.2) is 35.3 Å². The molecule has 0 saturated heterocycles. The summed E-state index contributed by atoms with van der Waals surface area (Å²) >= 11 is 1.64. The molecule has 2 aliphatic rings. The fraction of sp³-hybridized carbons (Fsp3) is 0.467. The Balaban J connectivity index is 1.86. The van der Waals surface area contributed by atoms with Crippen molar-refractivity contribution >= 4 is 22.8 Å². The van der Waals surface area contributed by atoms with E-state index < -0.39 is 0 Å². The van der Waals surface area contributed by atoms with Gasteiger partial charge in [0.1, 0.15) is 0 Å². The van der Waals surface area contributed by atoms with Crippen molar-refractivity contribution in [3.8, 4) is 0 Å². The van der Waals surface area contributed by atoms with Crippen LogP contribution >= 0.6 is 11.8 Å². The summed E-state index contributed by atoms with van der Waals surface area (Å²) in [5, 5.41) is 3.83. The lowest BCUT2D eigenvalue weighted by atomic mass is 9.78. The molecule has 1 N–H and O–H groups in total. The van der Waals surface area contributed by atoms with Gasteiger partial charge in [0.2, 0.25) is 5.91 Å². The second-order valence-electron chi connectivity index (χ2n) is 5.14. The van der Waals surface area contributed by atoms with E-state index >= 15 is 0 Å². The predicted molar refractivity (Wildman–Crippen MR) is 79.5 cm³/mol. The van der Waals surface area contributed by atoms with Gasteiger partial charge in [-0.05, 0) is 18.4 Å². The molecule has 0 unspecified atom stereocenters. The Bertz CT molecular complexity index is 492. The van der Waals surface area contributed by atoms with Crippen LogP contribution in [0, 0.1) is 0 Å². The quantitative estimate of drug-likeness (QED) is 0.901. The van der Waals surface area contributed by atoms with E-state index in [-0.39, 0.29) is 11.3 Å². The summed E-state index contributed by atoms with van der Waals surface area (Å²) in [6, 6.07) is 10.2. The van der Waals surface area contributed by atoms with Crippen molar-refractivity contribution in [3.63, 3.8) is 0 Å². The Hall–Kier alpha value is -1.29. The van der Waals surface area contributed by atoms with Gasteiger partial charge in [-0.1, -0.05) is 54.9 Å². The van der Waals surface area contributed by atoms with Gasteiger partial charge in [0.25, 0.3) is 0 Å². The van der Waals surface area contributed by atoms with Crippen LogP contribution in [0.1, 0.15) is 31.2 Å². The van der Waals surface area contributed by atoms with Gasteiger partial charge in [-0.25, -0.2) is 0 Å². The second-order valence-corrected chi connectivity index (χ2v) is 6.23. The molecule has 0 aromatic heterocycles. The van der Waals surface area contributed by atoms with Gasteiger partial charge in [0, 0.05) is 5.75 Å². The Labute approximate surface area is 117 Å². The number of carbonyl (C=O) groups is 1. The molecule has 1 heterocycles. The molecule has 19 heavy (non-hydrogen) atoms. The molecular formula is C15H18N2OS. The molecule has 1 fully saturated rings. The average Bonchev–Trinajstić information content (AvgIpc) is 3.11. The van der Waals surface area contributed by atoms with E-state index in [1.54, 1.807) is 11.8 Å². The molecule has 0 spiro atoms. The van der Waals surface area contributed by atoms with Crippen LogP contribution in [-0.2, 0) is 10.2 Å². The van der Waals surface area contributed by atoms with Crippen LogP contribution in [0.4, 0.5) is 0 Å². The molecule has 0 bridgehead atoms. The number of thioether (sulfide) groups is 1. The summed E-state index contributed by atoms with van der Waals surface area (Å²) in [5.41, 5.74) is 0.807. The Morgan fingerprint density at radius 1 is 1.21 bits per heavy atom. The third-order valence-corrected chi connectivity index (χ3v) is 4.92. The molecule has 0 atom stereocenters. The largest absolute Gasteiger partial charge is 0.305 e. The standard InChI is InChI=1S/C15H18N2OS/c18-13(17-14-16-10-11-19-14)15(8-4-5-9-15)12-6-2-1-3-7-12/h1-3,6-7H,4-5,8-11H2,(H,16,17,18).